The molecule has 0 atom stereocenters. The lowest BCUT2D eigenvalue weighted by molar-refractivity contribution is -0.120. The highest BCUT2D eigenvalue weighted by Crippen LogP contribution is 2.38. The molecule has 32 heavy (non-hydrogen) atoms. The van der Waals surface area contributed by atoms with Gasteiger partial charge in [0.25, 0.3) is 11.8 Å². The summed E-state index contributed by atoms with van der Waals surface area (Å²) in [5, 5.41) is 3.11. The zero-order valence-corrected chi connectivity index (χ0v) is 18.9. The molecule has 3 aromatic rings. The molecule has 1 aliphatic heterocycles. The second-order valence-electron chi connectivity index (χ2n) is 7.92. The van der Waals surface area contributed by atoms with E-state index < -0.39 is 17.6 Å². The standard InChI is InChI=1S/C26H23FN2O2S/c1-16(2)18-10-12-19(13-11-18)28-23-24(32-20-14-8-17(3)9-15-20)26(31)29(25(23)30)22-7-5-4-6-21(22)27/h4-16,28H,1-3H3. The Kier molecular flexibility index (Phi) is 6.15. The van der Waals surface area contributed by atoms with Crippen LogP contribution in [-0.2, 0) is 9.59 Å². The van der Waals surface area contributed by atoms with Crippen molar-refractivity contribution in [3.8, 4) is 0 Å². The molecule has 0 saturated carbocycles. The molecule has 2 amide bonds. The molecule has 0 aromatic heterocycles. The third-order valence-electron chi connectivity index (χ3n) is 5.22. The van der Waals surface area contributed by atoms with E-state index in [1.165, 1.54) is 35.5 Å². The average molecular weight is 447 g/mol. The molecule has 0 bridgehead atoms. The van der Waals surface area contributed by atoms with Crippen molar-refractivity contribution < 1.29 is 14.0 Å². The van der Waals surface area contributed by atoms with Crippen LogP contribution in [0.2, 0.25) is 0 Å². The van der Waals surface area contributed by atoms with Crippen molar-refractivity contribution in [1.82, 2.24) is 0 Å². The number of imide groups is 1. The zero-order valence-electron chi connectivity index (χ0n) is 18.1. The van der Waals surface area contributed by atoms with Crippen molar-refractivity contribution in [2.45, 2.75) is 31.6 Å². The highest BCUT2D eigenvalue weighted by atomic mass is 32.2. The van der Waals surface area contributed by atoms with Crippen LogP contribution in [0.5, 0.6) is 0 Å². The third kappa shape index (κ3) is 4.32. The Hall–Kier alpha value is -3.38. The quantitative estimate of drug-likeness (QED) is 0.455. The summed E-state index contributed by atoms with van der Waals surface area (Å²) in [5.41, 5.74) is 3.02. The minimum Gasteiger partial charge on any atom is -0.350 e. The van der Waals surface area contributed by atoms with E-state index in [4.69, 9.17) is 0 Å². The lowest BCUT2D eigenvalue weighted by Gasteiger charge is -2.16. The van der Waals surface area contributed by atoms with E-state index in [2.05, 4.69) is 19.2 Å². The number of hydrogen-bond acceptors (Lipinski definition) is 4. The average Bonchev–Trinajstić information content (AvgIpc) is 3.00. The number of carbonyl (C=O) groups is 2. The second kappa shape index (κ2) is 9.01. The maximum atomic E-state index is 14.5. The van der Waals surface area contributed by atoms with Gasteiger partial charge in [-0.15, -0.1) is 0 Å². The topological polar surface area (TPSA) is 49.4 Å². The van der Waals surface area contributed by atoms with Crippen LogP contribution in [-0.4, -0.2) is 11.8 Å². The third-order valence-corrected chi connectivity index (χ3v) is 6.31. The number of halogens is 1. The number of amides is 2. The van der Waals surface area contributed by atoms with Crippen LogP contribution in [0.4, 0.5) is 15.8 Å². The van der Waals surface area contributed by atoms with Gasteiger partial charge in [0.05, 0.1) is 5.69 Å². The first kappa shape index (κ1) is 21.8. The van der Waals surface area contributed by atoms with Crippen LogP contribution in [0.1, 0.15) is 30.9 Å². The fraction of sp³-hybridized carbons (Fsp3) is 0.154. The number of rotatable bonds is 6. The Balaban J connectivity index is 1.73. The van der Waals surface area contributed by atoms with Gasteiger partial charge >= 0.3 is 0 Å². The Morgan fingerprint density at radius 3 is 2.16 bits per heavy atom. The smallest absolute Gasteiger partial charge is 0.283 e. The van der Waals surface area contributed by atoms with Gasteiger partial charge in [0.1, 0.15) is 16.4 Å². The maximum Gasteiger partial charge on any atom is 0.283 e. The normalized spacial score (nSPS) is 14.0. The number of nitrogens with zero attached hydrogens (tertiary/aromatic N) is 1. The van der Waals surface area contributed by atoms with Crippen molar-refractivity contribution in [3.05, 3.63) is 100 Å². The Labute approximate surface area is 191 Å². The van der Waals surface area contributed by atoms with Gasteiger partial charge in [-0.1, -0.05) is 67.6 Å². The number of carbonyl (C=O) groups excluding carboxylic acids is 2. The maximum absolute atomic E-state index is 14.5. The summed E-state index contributed by atoms with van der Waals surface area (Å²) >= 11 is 1.19. The summed E-state index contributed by atoms with van der Waals surface area (Å²) in [6.07, 6.45) is 0. The predicted molar refractivity (Wildman–Crippen MR) is 127 cm³/mol. The molecule has 0 fully saturated rings. The van der Waals surface area contributed by atoms with E-state index in [0.717, 1.165) is 15.4 Å². The van der Waals surface area contributed by atoms with Crippen molar-refractivity contribution in [3.63, 3.8) is 0 Å². The van der Waals surface area contributed by atoms with Crippen molar-refractivity contribution >= 4 is 35.0 Å². The summed E-state index contributed by atoms with van der Waals surface area (Å²) < 4.78 is 14.5. The first-order valence-electron chi connectivity index (χ1n) is 10.3. The first-order valence-corrected chi connectivity index (χ1v) is 11.2. The van der Waals surface area contributed by atoms with Gasteiger partial charge in [0.15, 0.2) is 0 Å². The molecule has 0 saturated heterocycles. The van der Waals surface area contributed by atoms with E-state index in [9.17, 15) is 14.0 Å². The van der Waals surface area contributed by atoms with Gasteiger partial charge < -0.3 is 5.32 Å². The molecular weight excluding hydrogens is 423 g/mol. The Bertz CT molecular complexity index is 1200. The number of benzene rings is 3. The summed E-state index contributed by atoms with van der Waals surface area (Å²) in [4.78, 5) is 28.6. The Morgan fingerprint density at radius 2 is 1.53 bits per heavy atom. The largest absolute Gasteiger partial charge is 0.350 e. The van der Waals surface area contributed by atoms with Gasteiger partial charge in [-0.3, -0.25) is 9.59 Å². The number of anilines is 2. The summed E-state index contributed by atoms with van der Waals surface area (Å²) in [6.45, 7) is 6.19. The molecule has 1 aliphatic rings. The number of para-hydroxylation sites is 1. The summed E-state index contributed by atoms with van der Waals surface area (Å²) in [6, 6.07) is 21.2. The van der Waals surface area contributed by atoms with Crippen LogP contribution in [0.25, 0.3) is 0 Å². The SMILES string of the molecule is Cc1ccc(SC2=C(Nc3ccc(C(C)C)cc3)C(=O)N(c3ccccc3F)C2=O)cc1. The van der Waals surface area contributed by atoms with Crippen LogP contribution >= 0.6 is 11.8 Å². The molecule has 0 unspecified atom stereocenters. The molecule has 6 heteroatoms. The van der Waals surface area contributed by atoms with E-state index in [1.807, 2.05) is 55.5 Å². The molecular formula is C26H23FN2O2S. The lowest BCUT2D eigenvalue weighted by Crippen LogP contribution is -2.33. The van der Waals surface area contributed by atoms with Gasteiger partial charge in [-0.2, -0.15) is 0 Å². The van der Waals surface area contributed by atoms with Gasteiger partial charge in [0, 0.05) is 10.6 Å². The molecule has 0 spiro atoms. The predicted octanol–water partition coefficient (Wildman–Crippen LogP) is 6.25. The van der Waals surface area contributed by atoms with Crippen molar-refractivity contribution in [2.75, 3.05) is 10.2 Å². The van der Waals surface area contributed by atoms with Crippen molar-refractivity contribution in [1.29, 1.82) is 0 Å². The van der Waals surface area contributed by atoms with Crippen molar-refractivity contribution in [2.24, 2.45) is 0 Å². The molecule has 4 nitrogen and oxygen atoms in total. The minimum absolute atomic E-state index is 0.0588. The molecule has 1 heterocycles. The first-order chi connectivity index (χ1) is 15.3. The molecule has 3 aromatic carbocycles. The monoisotopic (exact) mass is 446 g/mol. The highest BCUT2D eigenvalue weighted by Gasteiger charge is 2.41. The van der Waals surface area contributed by atoms with Crippen LogP contribution in [0.15, 0.2) is 88.3 Å². The Morgan fingerprint density at radius 1 is 0.875 bits per heavy atom. The number of aryl methyl sites for hydroxylation is 1. The highest BCUT2D eigenvalue weighted by molar-refractivity contribution is 8.04. The van der Waals surface area contributed by atoms with Gasteiger partial charge in [-0.25, -0.2) is 9.29 Å². The number of nitrogens with one attached hydrogen (secondary N) is 1. The van der Waals surface area contributed by atoms with Gasteiger partial charge in [0.2, 0.25) is 0 Å². The second-order valence-corrected chi connectivity index (χ2v) is 9.00. The lowest BCUT2D eigenvalue weighted by atomic mass is 10.0. The van der Waals surface area contributed by atoms with Crippen LogP contribution in [0, 0.1) is 12.7 Å². The zero-order chi connectivity index (χ0) is 22.8. The van der Waals surface area contributed by atoms with Crippen LogP contribution < -0.4 is 10.2 Å². The van der Waals surface area contributed by atoms with E-state index in [-0.39, 0.29) is 16.3 Å². The van der Waals surface area contributed by atoms with E-state index in [1.54, 1.807) is 6.07 Å². The minimum atomic E-state index is -0.628. The number of thioether (sulfide) groups is 1. The molecule has 162 valence electrons. The summed E-state index contributed by atoms with van der Waals surface area (Å²) in [7, 11) is 0. The van der Waals surface area contributed by atoms with Crippen LogP contribution in [0.3, 0.4) is 0 Å². The molecule has 1 N–H and O–H groups in total. The molecule has 0 radical (unpaired) electrons. The van der Waals surface area contributed by atoms with E-state index in [0.29, 0.717) is 11.6 Å². The van der Waals surface area contributed by atoms with E-state index >= 15 is 0 Å². The molecule has 4 rings (SSSR count). The summed E-state index contributed by atoms with van der Waals surface area (Å²) in [5.74, 6) is -1.38. The number of hydrogen-bond donors (Lipinski definition) is 1. The fourth-order valence-electron chi connectivity index (χ4n) is 3.39. The van der Waals surface area contributed by atoms with Gasteiger partial charge in [-0.05, 0) is 54.8 Å². The fourth-order valence-corrected chi connectivity index (χ4v) is 4.31. The molecule has 0 aliphatic carbocycles.